The Labute approximate surface area is 219 Å². The fourth-order valence-corrected chi connectivity index (χ4v) is 4.35. The van der Waals surface area contributed by atoms with Crippen LogP contribution in [0.25, 0.3) is 0 Å². The first kappa shape index (κ1) is 27.6. The lowest BCUT2D eigenvalue weighted by Gasteiger charge is -2.10. The third-order valence-corrected chi connectivity index (χ3v) is 6.66. The van der Waals surface area contributed by atoms with E-state index >= 15 is 0 Å². The number of hydrogen-bond acceptors (Lipinski definition) is 8. The van der Waals surface area contributed by atoms with Gasteiger partial charge in [-0.05, 0) is 61.4 Å². The van der Waals surface area contributed by atoms with Crippen molar-refractivity contribution < 1.29 is 32.3 Å². The molecule has 0 saturated carbocycles. The van der Waals surface area contributed by atoms with Crippen LogP contribution in [0.4, 0.5) is 0 Å². The van der Waals surface area contributed by atoms with Crippen molar-refractivity contribution in [3.8, 4) is 5.75 Å². The lowest BCUT2D eigenvalue weighted by atomic mass is 10.1. The van der Waals surface area contributed by atoms with Crippen LogP contribution in [0.2, 0.25) is 5.02 Å². The molecule has 3 aromatic rings. The predicted octanol–water partition coefficient (Wildman–Crippen LogP) is 3.01. The molecule has 0 fully saturated rings. The van der Waals surface area contributed by atoms with Crippen LogP contribution in [0.15, 0.2) is 65.7 Å². The molecule has 10 nitrogen and oxygen atoms in total. The van der Waals surface area contributed by atoms with Crippen LogP contribution in [0.5, 0.6) is 5.75 Å². The minimum Gasteiger partial charge on any atom is -0.496 e. The van der Waals surface area contributed by atoms with Crippen molar-refractivity contribution in [2.75, 3.05) is 20.3 Å². The number of pyridine rings is 1. The monoisotopic (exact) mass is 545 g/mol. The van der Waals surface area contributed by atoms with Gasteiger partial charge in [0.25, 0.3) is 21.8 Å². The molecule has 2 N–H and O–H groups in total. The smallest absolute Gasteiger partial charge is 0.356 e. The molecule has 3 rings (SSSR count). The molecular formula is C25H24ClN3O7S. The number of rotatable bonds is 10. The molecule has 194 valence electrons. The number of benzene rings is 2. The largest absolute Gasteiger partial charge is 0.496 e. The van der Waals surface area contributed by atoms with Crippen LogP contribution in [0, 0.1) is 0 Å². The summed E-state index contributed by atoms with van der Waals surface area (Å²) in [5, 5.41) is 3.17. The molecule has 1 heterocycles. The maximum absolute atomic E-state index is 12.6. The number of carbonyl (C=O) groups excluding carboxylic acids is 3. The van der Waals surface area contributed by atoms with Gasteiger partial charge in [-0.2, -0.15) is 0 Å². The number of hydrogen-bond donors (Lipinski definition) is 2. The summed E-state index contributed by atoms with van der Waals surface area (Å²) >= 11 is 5.96. The first-order valence-corrected chi connectivity index (χ1v) is 12.9. The molecule has 0 spiro atoms. The van der Waals surface area contributed by atoms with E-state index in [1.54, 1.807) is 31.2 Å². The second-order valence-electron chi connectivity index (χ2n) is 7.58. The number of aromatic nitrogens is 1. The molecule has 1 aromatic heterocycles. The summed E-state index contributed by atoms with van der Waals surface area (Å²) in [7, 11) is -2.70. The van der Waals surface area contributed by atoms with Crippen molar-refractivity contribution in [1.29, 1.82) is 0 Å². The van der Waals surface area contributed by atoms with Crippen LogP contribution >= 0.6 is 11.6 Å². The highest BCUT2D eigenvalue weighted by molar-refractivity contribution is 7.90. The van der Waals surface area contributed by atoms with Gasteiger partial charge < -0.3 is 14.8 Å². The number of sulfonamides is 1. The third-order valence-electron chi connectivity index (χ3n) is 5.08. The summed E-state index contributed by atoms with van der Waals surface area (Å²) in [5.41, 5.74) is 1.03. The summed E-state index contributed by atoms with van der Waals surface area (Å²) in [6, 6.07) is 13.2. The maximum Gasteiger partial charge on any atom is 0.356 e. The van der Waals surface area contributed by atoms with Gasteiger partial charge in [0, 0.05) is 17.8 Å². The number of carbonyl (C=O) groups is 3. The SMILES string of the molecule is CCOC(=O)c1ccc(C(=O)NS(=O)(=O)c2ccc(CCNC(=O)c3cc(Cl)ccc3OC)cc2)cn1. The van der Waals surface area contributed by atoms with E-state index in [0.29, 0.717) is 22.8 Å². The molecular weight excluding hydrogens is 522 g/mol. The first-order chi connectivity index (χ1) is 17.6. The van der Waals surface area contributed by atoms with E-state index in [1.807, 2.05) is 4.72 Å². The number of nitrogens with one attached hydrogen (secondary N) is 2. The van der Waals surface area contributed by atoms with E-state index in [0.717, 1.165) is 11.8 Å². The highest BCUT2D eigenvalue weighted by atomic mass is 35.5. The topological polar surface area (TPSA) is 141 Å². The summed E-state index contributed by atoms with van der Waals surface area (Å²) in [4.78, 5) is 40.2. The summed E-state index contributed by atoms with van der Waals surface area (Å²) in [6.45, 7) is 2.11. The Morgan fingerprint density at radius 2 is 1.73 bits per heavy atom. The Morgan fingerprint density at radius 1 is 1.00 bits per heavy atom. The molecule has 2 amide bonds. The summed E-state index contributed by atoms with van der Waals surface area (Å²) < 4.78 is 37.2. The van der Waals surface area contributed by atoms with E-state index in [2.05, 4.69) is 10.3 Å². The first-order valence-electron chi connectivity index (χ1n) is 11.1. The Hall–Kier alpha value is -3.96. The Kier molecular flexibility index (Phi) is 9.20. The van der Waals surface area contributed by atoms with Crippen molar-refractivity contribution in [3.63, 3.8) is 0 Å². The predicted molar refractivity (Wildman–Crippen MR) is 135 cm³/mol. The van der Waals surface area contributed by atoms with Crippen molar-refractivity contribution in [2.24, 2.45) is 0 Å². The lowest BCUT2D eigenvalue weighted by molar-refractivity contribution is 0.0519. The maximum atomic E-state index is 12.6. The van der Waals surface area contributed by atoms with E-state index in [9.17, 15) is 22.8 Å². The Bertz CT molecular complexity index is 1390. The highest BCUT2D eigenvalue weighted by Crippen LogP contribution is 2.22. The van der Waals surface area contributed by atoms with Gasteiger partial charge in [-0.15, -0.1) is 0 Å². The summed E-state index contributed by atoms with van der Waals surface area (Å²) in [5.74, 6) is -1.51. The van der Waals surface area contributed by atoms with Gasteiger partial charge in [0.05, 0.1) is 29.7 Å². The molecule has 2 aromatic carbocycles. The molecule has 0 saturated heterocycles. The summed E-state index contributed by atoms with van der Waals surface area (Å²) in [6.07, 6.45) is 1.52. The third kappa shape index (κ3) is 7.28. The number of amides is 2. The second-order valence-corrected chi connectivity index (χ2v) is 9.70. The lowest BCUT2D eigenvalue weighted by Crippen LogP contribution is -2.30. The van der Waals surface area contributed by atoms with Crippen molar-refractivity contribution in [2.45, 2.75) is 18.2 Å². The van der Waals surface area contributed by atoms with Gasteiger partial charge in [-0.25, -0.2) is 22.9 Å². The second kappa shape index (κ2) is 12.3. The van der Waals surface area contributed by atoms with Crippen molar-refractivity contribution in [3.05, 3.63) is 88.2 Å². The molecule has 0 aliphatic rings. The Balaban J connectivity index is 1.57. The van der Waals surface area contributed by atoms with E-state index in [1.165, 1.54) is 37.4 Å². The average Bonchev–Trinajstić information content (AvgIpc) is 2.89. The molecule has 0 radical (unpaired) electrons. The molecule has 0 unspecified atom stereocenters. The number of ether oxygens (including phenoxy) is 2. The fraction of sp³-hybridized carbons (Fsp3) is 0.200. The van der Waals surface area contributed by atoms with Crippen LogP contribution in [-0.4, -0.2) is 51.4 Å². The van der Waals surface area contributed by atoms with Gasteiger partial charge in [0.2, 0.25) is 0 Å². The van der Waals surface area contributed by atoms with Gasteiger partial charge >= 0.3 is 5.97 Å². The standard InChI is InChI=1S/C25H24ClN3O7S/c1-3-36-25(32)21-10-6-17(15-28-21)23(30)29-37(33,34)19-8-4-16(5-9-19)12-13-27-24(31)20-14-18(26)7-11-22(20)35-2/h4-11,14-15H,3,12-13H2,1-2H3,(H,27,31)(H,29,30). The zero-order valence-electron chi connectivity index (χ0n) is 20.0. The van der Waals surface area contributed by atoms with Gasteiger partial charge in [0.15, 0.2) is 0 Å². The van der Waals surface area contributed by atoms with Gasteiger partial charge in [0.1, 0.15) is 11.4 Å². The molecule has 12 heteroatoms. The number of nitrogens with zero attached hydrogens (tertiary/aromatic N) is 1. The molecule has 0 bridgehead atoms. The molecule has 0 atom stereocenters. The zero-order valence-corrected chi connectivity index (χ0v) is 21.6. The molecule has 0 aliphatic heterocycles. The van der Waals surface area contributed by atoms with E-state index in [-0.39, 0.29) is 35.2 Å². The molecule has 0 aliphatic carbocycles. The van der Waals surface area contributed by atoms with Crippen LogP contribution in [0.3, 0.4) is 0 Å². The normalized spacial score (nSPS) is 10.9. The molecule has 37 heavy (non-hydrogen) atoms. The zero-order chi connectivity index (χ0) is 27.0. The number of esters is 1. The van der Waals surface area contributed by atoms with Gasteiger partial charge in [-0.3, -0.25) is 9.59 Å². The van der Waals surface area contributed by atoms with Gasteiger partial charge in [-0.1, -0.05) is 23.7 Å². The average molecular weight is 546 g/mol. The van der Waals surface area contributed by atoms with Crippen LogP contribution in [-0.2, 0) is 21.2 Å². The minimum atomic E-state index is -4.16. The highest BCUT2D eigenvalue weighted by Gasteiger charge is 2.20. The minimum absolute atomic E-state index is 0.000241. The Morgan fingerprint density at radius 3 is 2.35 bits per heavy atom. The van der Waals surface area contributed by atoms with E-state index < -0.39 is 21.9 Å². The van der Waals surface area contributed by atoms with E-state index in [4.69, 9.17) is 21.1 Å². The van der Waals surface area contributed by atoms with Crippen molar-refractivity contribution >= 4 is 39.4 Å². The van der Waals surface area contributed by atoms with Crippen molar-refractivity contribution in [1.82, 2.24) is 15.0 Å². The fourth-order valence-electron chi connectivity index (χ4n) is 3.20. The quantitative estimate of drug-likeness (QED) is 0.370. The van der Waals surface area contributed by atoms with Crippen LogP contribution < -0.4 is 14.8 Å². The number of halogens is 1. The number of methoxy groups -OCH3 is 1. The van der Waals surface area contributed by atoms with Crippen LogP contribution in [0.1, 0.15) is 43.7 Å².